The molecule has 1 N–H and O–H groups in total. The Balaban J connectivity index is 3.06. The minimum atomic E-state index is -3.47. The van der Waals surface area contributed by atoms with E-state index in [2.05, 4.69) is 15.4 Å². The zero-order valence-electron chi connectivity index (χ0n) is 11.1. The third-order valence-corrected chi connectivity index (χ3v) is 3.82. The lowest BCUT2D eigenvalue weighted by molar-refractivity contribution is 0.0545. The Labute approximate surface area is 102 Å². The number of hydrogen-bond acceptors (Lipinski definition) is 5. The van der Waals surface area contributed by atoms with E-state index in [-0.39, 0.29) is 5.44 Å². The highest BCUT2D eigenvalue weighted by atomic mass is 31.2. The Morgan fingerprint density at radius 1 is 1.12 bits per heavy atom. The van der Waals surface area contributed by atoms with E-state index in [9.17, 15) is 4.57 Å². The number of aromatic amines is 1. The summed E-state index contributed by atoms with van der Waals surface area (Å²) in [5, 5.41) is 9.86. The minimum absolute atomic E-state index is 0.197. The van der Waals surface area contributed by atoms with Gasteiger partial charge in [-0.2, -0.15) is 10.3 Å². The molecule has 0 saturated heterocycles. The van der Waals surface area contributed by atoms with Crippen molar-refractivity contribution >= 4 is 13.0 Å². The van der Waals surface area contributed by atoms with Crippen LogP contribution in [0.1, 0.15) is 41.5 Å². The van der Waals surface area contributed by atoms with Gasteiger partial charge >= 0.3 is 7.60 Å². The first kappa shape index (κ1) is 14.4. The molecule has 0 spiro atoms. The van der Waals surface area contributed by atoms with Crippen molar-refractivity contribution < 1.29 is 13.6 Å². The SMILES string of the molecule is CC(C)(C)OP(=O)(OC(C)(C)C)c1cn[nH]n1. The zero-order chi connectivity index (χ0) is 13.3. The maximum Gasteiger partial charge on any atom is 0.384 e. The summed E-state index contributed by atoms with van der Waals surface area (Å²) in [7, 11) is -3.47. The van der Waals surface area contributed by atoms with Crippen molar-refractivity contribution in [3.8, 4) is 0 Å². The second-order valence-corrected chi connectivity index (χ2v) is 7.55. The molecule has 1 rings (SSSR count). The molecular formula is C10H20N3O3P. The van der Waals surface area contributed by atoms with Gasteiger partial charge in [0.05, 0.1) is 17.4 Å². The summed E-state index contributed by atoms with van der Waals surface area (Å²) in [4.78, 5) is 0. The number of rotatable bonds is 3. The maximum absolute atomic E-state index is 12.7. The third kappa shape index (κ3) is 4.58. The highest BCUT2D eigenvalue weighted by Crippen LogP contribution is 2.52. The van der Waals surface area contributed by atoms with Gasteiger partial charge < -0.3 is 0 Å². The van der Waals surface area contributed by atoms with Crippen molar-refractivity contribution in [2.24, 2.45) is 0 Å². The summed E-state index contributed by atoms with van der Waals surface area (Å²) in [5.41, 5.74) is -0.998. The van der Waals surface area contributed by atoms with Crippen molar-refractivity contribution in [3.63, 3.8) is 0 Å². The number of aromatic nitrogens is 3. The van der Waals surface area contributed by atoms with Crippen molar-refractivity contribution in [3.05, 3.63) is 6.20 Å². The zero-order valence-corrected chi connectivity index (χ0v) is 12.0. The lowest BCUT2D eigenvalue weighted by Crippen LogP contribution is -2.28. The van der Waals surface area contributed by atoms with Crippen LogP contribution in [0.5, 0.6) is 0 Å². The van der Waals surface area contributed by atoms with Crippen LogP contribution in [0, 0.1) is 0 Å². The second-order valence-electron chi connectivity index (χ2n) is 5.73. The predicted octanol–water partition coefficient (Wildman–Crippen LogP) is 2.25. The van der Waals surface area contributed by atoms with E-state index in [1.807, 2.05) is 41.5 Å². The Kier molecular flexibility index (Phi) is 3.81. The number of H-pyrrole nitrogens is 1. The largest absolute Gasteiger partial charge is 0.384 e. The van der Waals surface area contributed by atoms with E-state index in [1.165, 1.54) is 6.20 Å². The smallest absolute Gasteiger partial charge is 0.298 e. The highest BCUT2D eigenvalue weighted by Gasteiger charge is 2.39. The van der Waals surface area contributed by atoms with Crippen LogP contribution in [0.4, 0.5) is 0 Å². The van der Waals surface area contributed by atoms with Crippen LogP contribution in [0.2, 0.25) is 0 Å². The summed E-state index contributed by atoms with van der Waals surface area (Å²) in [6, 6.07) is 0. The van der Waals surface area contributed by atoms with E-state index in [4.69, 9.17) is 9.05 Å². The Hall–Kier alpha value is -0.710. The van der Waals surface area contributed by atoms with Gasteiger partial charge in [-0.3, -0.25) is 13.6 Å². The molecule has 0 aliphatic carbocycles. The summed E-state index contributed by atoms with van der Waals surface area (Å²) >= 11 is 0. The molecule has 1 aromatic heterocycles. The van der Waals surface area contributed by atoms with Gasteiger partial charge in [-0.15, -0.1) is 5.10 Å². The minimum Gasteiger partial charge on any atom is -0.298 e. The van der Waals surface area contributed by atoms with Crippen molar-refractivity contribution in [1.29, 1.82) is 0 Å². The molecule has 0 atom stereocenters. The maximum atomic E-state index is 12.7. The van der Waals surface area contributed by atoms with Gasteiger partial charge in [0.1, 0.15) is 0 Å². The Morgan fingerprint density at radius 3 is 1.88 bits per heavy atom. The summed E-state index contributed by atoms with van der Waals surface area (Å²) < 4.78 is 23.9. The topological polar surface area (TPSA) is 77.1 Å². The fraction of sp³-hybridized carbons (Fsp3) is 0.800. The normalized spacial score (nSPS) is 14.0. The average Bonchev–Trinajstić information content (AvgIpc) is 2.45. The standard InChI is InChI=1S/C10H20N3O3P/c1-9(2,3)15-17(14,16-10(4,5)6)8-7-11-13-12-8/h7H,1-6H3,(H,11,12,13). The molecule has 0 aliphatic heterocycles. The van der Waals surface area contributed by atoms with Gasteiger partial charge in [0.15, 0.2) is 5.44 Å². The van der Waals surface area contributed by atoms with Gasteiger partial charge in [0, 0.05) is 0 Å². The van der Waals surface area contributed by atoms with Gasteiger partial charge in [0.2, 0.25) is 0 Å². The predicted molar refractivity (Wildman–Crippen MR) is 65.3 cm³/mol. The monoisotopic (exact) mass is 261 g/mol. The first-order valence-corrected chi connectivity index (χ1v) is 6.94. The van der Waals surface area contributed by atoms with Crippen LogP contribution in [0.25, 0.3) is 0 Å². The quantitative estimate of drug-likeness (QED) is 0.844. The van der Waals surface area contributed by atoms with Crippen LogP contribution in [0.3, 0.4) is 0 Å². The average molecular weight is 261 g/mol. The molecule has 1 aromatic rings. The number of nitrogens with zero attached hydrogens (tertiary/aromatic N) is 2. The molecule has 0 radical (unpaired) electrons. The number of hydrogen-bond donors (Lipinski definition) is 1. The fourth-order valence-corrected chi connectivity index (χ4v) is 3.19. The summed E-state index contributed by atoms with van der Waals surface area (Å²) in [5.74, 6) is 0. The molecular weight excluding hydrogens is 241 g/mol. The van der Waals surface area contributed by atoms with Crippen LogP contribution < -0.4 is 5.44 Å². The van der Waals surface area contributed by atoms with Crippen LogP contribution in [-0.2, 0) is 13.6 Å². The number of nitrogens with one attached hydrogen (secondary N) is 1. The Morgan fingerprint density at radius 2 is 1.59 bits per heavy atom. The third-order valence-electron chi connectivity index (χ3n) is 1.47. The van der Waals surface area contributed by atoms with E-state index in [0.717, 1.165) is 0 Å². The molecule has 17 heavy (non-hydrogen) atoms. The van der Waals surface area contributed by atoms with Crippen molar-refractivity contribution in [1.82, 2.24) is 15.4 Å². The van der Waals surface area contributed by atoms with Gasteiger partial charge in [0.25, 0.3) is 0 Å². The van der Waals surface area contributed by atoms with E-state index >= 15 is 0 Å². The van der Waals surface area contributed by atoms with Crippen LogP contribution in [-0.4, -0.2) is 26.6 Å². The summed E-state index contributed by atoms with van der Waals surface area (Å²) in [6.45, 7) is 10.9. The molecule has 0 aromatic carbocycles. The molecule has 7 heteroatoms. The molecule has 0 bridgehead atoms. The Bertz CT molecular complexity index is 383. The van der Waals surface area contributed by atoms with Gasteiger partial charge in [-0.05, 0) is 41.5 Å². The molecule has 1 heterocycles. The van der Waals surface area contributed by atoms with Gasteiger partial charge in [-0.25, -0.2) is 0 Å². The molecule has 0 aliphatic rings. The second kappa shape index (κ2) is 4.52. The van der Waals surface area contributed by atoms with Crippen LogP contribution in [0.15, 0.2) is 6.20 Å². The molecule has 0 unspecified atom stereocenters. The lowest BCUT2D eigenvalue weighted by Gasteiger charge is -2.30. The molecule has 0 fully saturated rings. The van der Waals surface area contributed by atoms with Crippen molar-refractivity contribution in [2.45, 2.75) is 52.7 Å². The molecule has 6 nitrogen and oxygen atoms in total. The molecule has 0 saturated carbocycles. The van der Waals surface area contributed by atoms with Crippen LogP contribution >= 0.6 is 7.60 Å². The fourth-order valence-electron chi connectivity index (χ4n) is 1.16. The van der Waals surface area contributed by atoms with Gasteiger partial charge in [-0.1, -0.05) is 0 Å². The van der Waals surface area contributed by atoms with E-state index in [1.54, 1.807) is 0 Å². The van der Waals surface area contributed by atoms with Crippen molar-refractivity contribution in [2.75, 3.05) is 0 Å². The lowest BCUT2D eigenvalue weighted by atomic mass is 10.2. The molecule has 98 valence electrons. The summed E-state index contributed by atoms with van der Waals surface area (Å²) in [6.07, 6.45) is 1.36. The van der Waals surface area contributed by atoms with E-state index < -0.39 is 18.8 Å². The highest BCUT2D eigenvalue weighted by molar-refractivity contribution is 7.62. The first-order chi connectivity index (χ1) is 7.52. The first-order valence-electron chi connectivity index (χ1n) is 5.40. The molecule has 0 amide bonds. The van der Waals surface area contributed by atoms with E-state index in [0.29, 0.717) is 0 Å².